The van der Waals surface area contributed by atoms with Crippen LogP contribution >= 0.6 is 0 Å². The van der Waals surface area contributed by atoms with Crippen molar-refractivity contribution in [3.05, 3.63) is 30.3 Å². The van der Waals surface area contributed by atoms with Gasteiger partial charge in [-0.3, -0.25) is 0 Å². The molecule has 0 fully saturated rings. The fourth-order valence-electron chi connectivity index (χ4n) is 0.428. The topological polar surface area (TPSA) is 60.7 Å². The molecule has 0 aromatic heterocycles. The standard InChI is InChI=1S/C6H6O.C5H12O2/c7-6-4-2-1-3-5-6;1-5(2,3)4(6)7/h1-5,7H;4,6-7H,1-3H3. The molecule has 80 valence electrons. The number of aliphatic hydroxyl groups is 2. The van der Waals surface area contributed by atoms with Crippen molar-refractivity contribution in [3.63, 3.8) is 0 Å². The molecule has 1 rings (SSSR count). The largest absolute Gasteiger partial charge is 0.508 e. The van der Waals surface area contributed by atoms with E-state index in [0.29, 0.717) is 5.75 Å². The molecule has 0 saturated heterocycles. The number of para-hydroxylation sites is 1. The number of benzene rings is 1. The Morgan fingerprint density at radius 3 is 1.50 bits per heavy atom. The van der Waals surface area contributed by atoms with E-state index < -0.39 is 6.29 Å². The Morgan fingerprint density at radius 2 is 1.36 bits per heavy atom. The van der Waals surface area contributed by atoms with Gasteiger partial charge >= 0.3 is 0 Å². The van der Waals surface area contributed by atoms with Gasteiger partial charge in [0.05, 0.1) is 0 Å². The molecule has 3 heteroatoms. The number of phenolic OH excluding ortho intramolecular Hbond substituents is 1. The molecule has 0 aliphatic carbocycles. The summed E-state index contributed by atoms with van der Waals surface area (Å²) in [4.78, 5) is 0. The lowest BCUT2D eigenvalue weighted by molar-refractivity contribution is -0.113. The van der Waals surface area contributed by atoms with Crippen LogP contribution in [0.25, 0.3) is 0 Å². The van der Waals surface area contributed by atoms with Crippen LogP contribution in [-0.2, 0) is 0 Å². The summed E-state index contributed by atoms with van der Waals surface area (Å²) in [5, 5.41) is 25.5. The van der Waals surface area contributed by atoms with Crippen molar-refractivity contribution in [2.45, 2.75) is 27.1 Å². The van der Waals surface area contributed by atoms with Crippen LogP contribution < -0.4 is 0 Å². The predicted octanol–water partition coefficient (Wildman–Crippen LogP) is 1.74. The quantitative estimate of drug-likeness (QED) is 0.556. The van der Waals surface area contributed by atoms with E-state index in [4.69, 9.17) is 15.3 Å². The van der Waals surface area contributed by atoms with Gasteiger partial charge in [-0.1, -0.05) is 39.0 Å². The van der Waals surface area contributed by atoms with Crippen molar-refractivity contribution in [1.29, 1.82) is 0 Å². The first-order valence-corrected chi connectivity index (χ1v) is 4.44. The summed E-state index contributed by atoms with van der Waals surface area (Å²) in [6, 6.07) is 8.71. The monoisotopic (exact) mass is 198 g/mol. The number of aliphatic hydroxyl groups excluding tert-OH is 1. The van der Waals surface area contributed by atoms with Gasteiger partial charge in [-0.25, -0.2) is 0 Å². The number of rotatable bonds is 0. The third kappa shape index (κ3) is 6.46. The molecule has 0 atom stereocenters. The van der Waals surface area contributed by atoms with Crippen molar-refractivity contribution < 1.29 is 15.3 Å². The summed E-state index contributed by atoms with van der Waals surface area (Å²) in [5.74, 6) is 0.322. The van der Waals surface area contributed by atoms with E-state index in [0.717, 1.165) is 0 Å². The SMILES string of the molecule is CC(C)(C)C(O)O.Oc1ccccc1. The third-order valence-corrected chi connectivity index (χ3v) is 1.53. The molecule has 0 saturated carbocycles. The number of hydrogen-bond acceptors (Lipinski definition) is 3. The maximum absolute atomic E-state index is 8.63. The van der Waals surface area contributed by atoms with Gasteiger partial charge in [0.1, 0.15) is 5.75 Å². The zero-order valence-electron chi connectivity index (χ0n) is 8.81. The highest BCUT2D eigenvalue weighted by Gasteiger charge is 2.18. The summed E-state index contributed by atoms with van der Waals surface area (Å²) in [7, 11) is 0. The van der Waals surface area contributed by atoms with Crippen LogP contribution in [0, 0.1) is 5.41 Å². The first-order valence-electron chi connectivity index (χ1n) is 4.44. The first-order chi connectivity index (χ1) is 6.34. The van der Waals surface area contributed by atoms with E-state index in [1.807, 2.05) is 6.07 Å². The van der Waals surface area contributed by atoms with Gasteiger partial charge in [-0.15, -0.1) is 0 Å². The molecule has 0 unspecified atom stereocenters. The maximum Gasteiger partial charge on any atom is 0.156 e. The Balaban J connectivity index is 0.000000241. The minimum absolute atomic E-state index is 0.322. The second kappa shape index (κ2) is 5.62. The molecule has 0 aliphatic heterocycles. The number of phenols is 1. The van der Waals surface area contributed by atoms with Crippen LogP contribution in [-0.4, -0.2) is 21.6 Å². The molecule has 0 spiro atoms. The molecule has 0 heterocycles. The van der Waals surface area contributed by atoms with Crippen LogP contribution in [0.15, 0.2) is 30.3 Å². The average molecular weight is 198 g/mol. The molecular formula is C11H18O3. The summed E-state index contributed by atoms with van der Waals surface area (Å²) in [6.07, 6.45) is -1.20. The van der Waals surface area contributed by atoms with E-state index in [-0.39, 0.29) is 5.41 Å². The molecule has 14 heavy (non-hydrogen) atoms. The van der Waals surface area contributed by atoms with E-state index in [1.165, 1.54) is 0 Å². The highest BCUT2D eigenvalue weighted by atomic mass is 16.5. The third-order valence-electron chi connectivity index (χ3n) is 1.53. The summed E-state index contributed by atoms with van der Waals surface area (Å²) in [5.41, 5.74) is -0.389. The predicted molar refractivity (Wildman–Crippen MR) is 55.8 cm³/mol. The lowest BCUT2D eigenvalue weighted by atomic mass is 9.96. The van der Waals surface area contributed by atoms with Crippen LogP contribution in [0.1, 0.15) is 20.8 Å². The molecule has 0 aliphatic rings. The summed E-state index contributed by atoms with van der Waals surface area (Å²) in [6.45, 7) is 5.28. The maximum atomic E-state index is 8.63. The van der Waals surface area contributed by atoms with E-state index in [9.17, 15) is 0 Å². The zero-order valence-corrected chi connectivity index (χ0v) is 8.81. The minimum Gasteiger partial charge on any atom is -0.508 e. The van der Waals surface area contributed by atoms with E-state index >= 15 is 0 Å². The smallest absolute Gasteiger partial charge is 0.156 e. The second-order valence-electron chi connectivity index (χ2n) is 4.08. The number of aromatic hydroxyl groups is 1. The van der Waals surface area contributed by atoms with E-state index in [2.05, 4.69) is 0 Å². The van der Waals surface area contributed by atoms with Gasteiger partial charge in [0, 0.05) is 5.41 Å². The average Bonchev–Trinajstić information content (AvgIpc) is 2.04. The zero-order chi connectivity index (χ0) is 11.2. The van der Waals surface area contributed by atoms with E-state index in [1.54, 1.807) is 45.0 Å². The molecule has 1 aromatic carbocycles. The molecule has 0 radical (unpaired) electrons. The molecule has 3 N–H and O–H groups in total. The summed E-state index contributed by atoms with van der Waals surface area (Å²) >= 11 is 0. The van der Waals surface area contributed by atoms with Crippen molar-refractivity contribution in [2.24, 2.45) is 5.41 Å². The van der Waals surface area contributed by atoms with Gasteiger partial charge in [-0.05, 0) is 12.1 Å². The Morgan fingerprint density at radius 1 is 1.00 bits per heavy atom. The van der Waals surface area contributed by atoms with Crippen LogP contribution in [0.2, 0.25) is 0 Å². The van der Waals surface area contributed by atoms with Gasteiger partial charge in [-0.2, -0.15) is 0 Å². The van der Waals surface area contributed by atoms with Gasteiger partial charge in [0.15, 0.2) is 6.29 Å². The van der Waals surface area contributed by atoms with Crippen molar-refractivity contribution in [3.8, 4) is 5.75 Å². The lowest BCUT2D eigenvalue weighted by Gasteiger charge is -2.19. The van der Waals surface area contributed by atoms with Crippen LogP contribution in [0.4, 0.5) is 0 Å². The second-order valence-corrected chi connectivity index (χ2v) is 4.08. The van der Waals surface area contributed by atoms with Crippen LogP contribution in [0.3, 0.4) is 0 Å². The molecule has 0 bridgehead atoms. The molecule has 0 amide bonds. The van der Waals surface area contributed by atoms with Crippen molar-refractivity contribution in [2.75, 3.05) is 0 Å². The Hall–Kier alpha value is -1.06. The fraction of sp³-hybridized carbons (Fsp3) is 0.455. The number of hydrogen-bond donors (Lipinski definition) is 3. The van der Waals surface area contributed by atoms with Gasteiger partial charge < -0.3 is 15.3 Å². The molecule has 3 nitrogen and oxygen atoms in total. The fourth-order valence-corrected chi connectivity index (χ4v) is 0.428. The molecular weight excluding hydrogens is 180 g/mol. The van der Waals surface area contributed by atoms with Crippen molar-refractivity contribution in [1.82, 2.24) is 0 Å². The Labute approximate surface area is 84.6 Å². The highest BCUT2D eigenvalue weighted by molar-refractivity contribution is 5.18. The van der Waals surface area contributed by atoms with Gasteiger partial charge in [0.2, 0.25) is 0 Å². The normalized spacial score (nSPS) is 10.7. The molecule has 1 aromatic rings. The lowest BCUT2D eigenvalue weighted by Crippen LogP contribution is -2.24. The first kappa shape index (κ1) is 12.9. The van der Waals surface area contributed by atoms with Crippen molar-refractivity contribution >= 4 is 0 Å². The minimum atomic E-state index is -1.20. The Bertz CT molecular complexity index is 236. The Kier molecular flexibility index (Phi) is 5.20. The van der Waals surface area contributed by atoms with Crippen LogP contribution in [0.5, 0.6) is 5.75 Å². The highest BCUT2D eigenvalue weighted by Crippen LogP contribution is 2.15. The summed E-state index contributed by atoms with van der Waals surface area (Å²) < 4.78 is 0. The van der Waals surface area contributed by atoms with Gasteiger partial charge in [0.25, 0.3) is 0 Å².